The molecule has 3 aromatic rings. The Bertz CT molecular complexity index is 1350. The average molecular weight is 555 g/mol. The van der Waals surface area contributed by atoms with Gasteiger partial charge in [-0.3, -0.25) is 14.3 Å². The Hall–Kier alpha value is -3.38. The van der Waals surface area contributed by atoms with Crippen LogP contribution in [0.2, 0.25) is 0 Å². The summed E-state index contributed by atoms with van der Waals surface area (Å²) in [6, 6.07) is 9.20. The fraction of sp³-hybridized carbons (Fsp3) is 0.571. The van der Waals surface area contributed by atoms with Gasteiger partial charge in [0.2, 0.25) is 11.9 Å². The number of amides is 1. The molecule has 214 valence electrons. The lowest BCUT2D eigenvalue weighted by Gasteiger charge is -2.35. The van der Waals surface area contributed by atoms with Crippen LogP contribution >= 0.6 is 0 Å². The minimum absolute atomic E-state index is 0.0250. The molecule has 40 heavy (non-hydrogen) atoms. The average Bonchev–Trinajstić information content (AvgIpc) is 3.55. The second-order valence-electron chi connectivity index (χ2n) is 11.1. The highest BCUT2D eigenvalue weighted by atomic mass is 19.3. The molecule has 1 saturated carbocycles. The van der Waals surface area contributed by atoms with Gasteiger partial charge in [-0.2, -0.15) is 9.97 Å². The molecule has 12 heteroatoms. The monoisotopic (exact) mass is 554 g/mol. The topological polar surface area (TPSA) is 91.7 Å². The van der Waals surface area contributed by atoms with E-state index >= 15 is 0 Å². The molecule has 1 amide bonds. The first-order valence-corrected chi connectivity index (χ1v) is 14.1. The summed E-state index contributed by atoms with van der Waals surface area (Å²) in [5.74, 6) is 1.32. The zero-order valence-electron chi connectivity index (χ0n) is 23.0. The molecule has 6 rings (SSSR count). The van der Waals surface area contributed by atoms with Crippen LogP contribution in [0.1, 0.15) is 44.4 Å². The second-order valence-corrected chi connectivity index (χ2v) is 11.1. The first-order valence-electron chi connectivity index (χ1n) is 14.1. The number of carbonyl (C=O) groups excluding carboxylic acids is 1. The molecule has 4 heterocycles. The van der Waals surface area contributed by atoms with Crippen molar-refractivity contribution in [1.29, 1.82) is 0 Å². The third-order valence-electron chi connectivity index (χ3n) is 8.35. The Labute approximate surface area is 232 Å². The quantitative estimate of drug-likeness (QED) is 0.475. The Kier molecular flexibility index (Phi) is 7.54. The van der Waals surface area contributed by atoms with Crippen LogP contribution in [0.3, 0.4) is 0 Å². The maximum Gasteiger partial charge on any atom is 0.296 e. The van der Waals surface area contributed by atoms with Gasteiger partial charge in [0.25, 0.3) is 6.43 Å². The van der Waals surface area contributed by atoms with E-state index in [1.54, 1.807) is 24.3 Å². The number of benzene rings is 1. The number of imidazole rings is 1. The van der Waals surface area contributed by atoms with Gasteiger partial charge in [-0.15, -0.1) is 0 Å². The molecule has 2 aromatic heterocycles. The van der Waals surface area contributed by atoms with Crippen LogP contribution in [0.4, 0.5) is 20.5 Å². The zero-order chi connectivity index (χ0) is 27.8. The molecule has 1 N–H and O–H groups in total. The van der Waals surface area contributed by atoms with E-state index in [1.807, 2.05) is 25.1 Å². The van der Waals surface area contributed by atoms with Gasteiger partial charge in [0, 0.05) is 37.8 Å². The van der Waals surface area contributed by atoms with E-state index in [2.05, 4.69) is 20.1 Å². The van der Waals surface area contributed by atoms with Crippen molar-refractivity contribution >= 4 is 28.7 Å². The van der Waals surface area contributed by atoms with Gasteiger partial charge in [-0.1, -0.05) is 12.1 Å². The number of carbonyl (C=O) groups is 1. The molecule has 1 aromatic carbocycles. The number of anilines is 2. The molecule has 0 spiro atoms. The fourth-order valence-electron chi connectivity index (χ4n) is 6.23. The summed E-state index contributed by atoms with van der Waals surface area (Å²) in [5.41, 5.74) is 1.06. The summed E-state index contributed by atoms with van der Waals surface area (Å²) in [7, 11) is 3.92. The highest BCUT2D eigenvalue weighted by Gasteiger charge is 2.38. The summed E-state index contributed by atoms with van der Waals surface area (Å²) >= 11 is 0. The number of morpholine rings is 1. The number of para-hydroxylation sites is 2. The molecule has 2 aliphatic heterocycles. The van der Waals surface area contributed by atoms with Crippen molar-refractivity contribution in [3.8, 4) is 5.82 Å². The molecule has 2 saturated heterocycles. The van der Waals surface area contributed by atoms with Crippen LogP contribution in [0.5, 0.6) is 0 Å². The number of hydrogen-bond acceptors (Lipinski definition) is 8. The first kappa shape index (κ1) is 26.8. The zero-order valence-corrected chi connectivity index (χ0v) is 23.0. The lowest BCUT2D eigenvalue weighted by molar-refractivity contribution is -0.133. The van der Waals surface area contributed by atoms with Crippen LogP contribution in [-0.2, 0) is 9.53 Å². The Morgan fingerprint density at radius 1 is 0.975 bits per heavy atom. The molecule has 0 radical (unpaired) electrons. The molecule has 1 aliphatic carbocycles. The number of hydrogen-bond donors (Lipinski definition) is 1. The van der Waals surface area contributed by atoms with Gasteiger partial charge in [-0.05, 0) is 58.3 Å². The third kappa shape index (κ3) is 5.22. The highest BCUT2D eigenvalue weighted by Crippen LogP contribution is 2.32. The largest absolute Gasteiger partial charge is 0.378 e. The van der Waals surface area contributed by atoms with Crippen molar-refractivity contribution < 1.29 is 18.3 Å². The van der Waals surface area contributed by atoms with E-state index in [9.17, 15) is 13.6 Å². The van der Waals surface area contributed by atoms with Crippen molar-refractivity contribution in [3.63, 3.8) is 0 Å². The van der Waals surface area contributed by atoms with E-state index in [4.69, 9.17) is 14.7 Å². The van der Waals surface area contributed by atoms with Crippen molar-refractivity contribution in [2.24, 2.45) is 0 Å². The lowest BCUT2D eigenvalue weighted by Crippen LogP contribution is -2.45. The van der Waals surface area contributed by atoms with Gasteiger partial charge in [-0.25, -0.2) is 13.8 Å². The number of halogens is 2. The van der Waals surface area contributed by atoms with Crippen molar-refractivity contribution in [3.05, 3.63) is 36.2 Å². The van der Waals surface area contributed by atoms with E-state index in [0.29, 0.717) is 54.9 Å². The maximum absolute atomic E-state index is 14.1. The number of likely N-dealkylation sites (tertiary alicyclic amines) is 1. The number of rotatable bonds is 7. The van der Waals surface area contributed by atoms with E-state index < -0.39 is 6.43 Å². The predicted molar refractivity (Wildman–Crippen MR) is 148 cm³/mol. The fourth-order valence-corrected chi connectivity index (χ4v) is 6.23. The summed E-state index contributed by atoms with van der Waals surface area (Å²) < 4.78 is 35.2. The summed E-state index contributed by atoms with van der Waals surface area (Å²) in [5, 5.41) is 3.50. The van der Waals surface area contributed by atoms with E-state index in [0.717, 1.165) is 38.6 Å². The Morgan fingerprint density at radius 2 is 1.70 bits per heavy atom. The highest BCUT2D eigenvalue weighted by molar-refractivity contribution is 5.84. The van der Waals surface area contributed by atoms with Gasteiger partial charge < -0.3 is 19.9 Å². The van der Waals surface area contributed by atoms with Gasteiger partial charge in [0.15, 0.2) is 5.82 Å². The van der Waals surface area contributed by atoms with Crippen LogP contribution in [0.25, 0.3) is 16.9 Å². The maximum atomic E-state index is 14.1. The SMILES string of the molecule is CN(C)C1CCN(C2CCC(Nc3nc(N4CCOCC4)cc(-n4c(C(F)F)nc5ccccc54)n3)CC2)C1=O. The number of nitrogens with one attached hydrogen (secondary N) is 1. The van der Waals surface area contributed by atoms with Crippen molar-refractivity contribution in [1.82, 2.24) is 29.3 Å². The second kappa shape index (κ2) is 11.2. The minimum atomic E-state index is -2.76. The molecule has 3 fully saturated rings. The molecule has 3 aliphatic rings. The van der Waals surface area contributed by atoms with Crippen molar-refractivity contribution in [2.75, 3.05) is 57.2 Å². The molecular weight excluding hydrogens is 518 g/mol. The van der Waals surface area contributed by atoms with Crippen LogP contribution < -0.4 is 10.2 Å². The number of ether oxygens (including phenoxy) is 1. The summed E-state index contributed by atoms with van der Waals surface area (Å²) in [6.07, 6.45) is 1.66. The number of nitrogens with zero attached hydrogens (tertiary/aromatic N) is 7. The normalized spacial score (nSPS) is 24.1. The Morgan fingerprint density at radius 3 is 2.40 bits per heavy atom. The van der Waals surface area contributed by atoms with E-state index in [-0.39, 0.29) is 29.9 Å². The number of likely N-dealkylation sites (N-methyl/N-ethyl adjacent to an activating group) is 1. The number of alkyl halides is 2. The van der Waals surface area contributed by atoms with Crippen LogP contribution in [-0.4, -0.2) is 100 Å². The summed E-state index contributed by atoms with van der Waals surface area (Å²) in [4.78, 5) is 32.8. The smallest absolute Gasteiger partial charge is 0.296 e. The van der Waals surface area contributed by atoms with Crippen molar-refractivity contribution in [2.45, 2.75) is 56.7 Å². The van der Waals surface area contributed by atoms with Gasteiger partial charge >= 0.3 is 0 Å². The minimum Gasteiger partial charge on any atom is -0.378 e. The Balaban J connectivity index is 1.26. The predicted octanol–water partition coefficient (Wildman–Crippen LogP) is 3.48. The molecule has 0 bridgehead atoms. The van der Waals surface area contributed by atoms with Crippen LogP contribution in [0, 0.1) is 0 Å². The molecule has 10 nitrogen and oxygen atoms in total. The number of aromatic nitrogens is 4. The van der Waals surface area contributed by atoms with Gasteiger partial charge in [0.1, 0.15) is 11.6 Å². The first-order chi connectivity index (χ1) is 19.4. The lowest BCUT2D eigenvalue weighted by atomic mass is 9.90. The van der Waals surface area contributed by atoms with E-state index in [1.165, 1.54) is 4.57 Å². The molecule has 1 unspecified atom stereocenters. The standard InChI is InChI=1S/C28H36F2N8O2/c1-35(2)22-11-12-37(27(22)39)19-9-7-18(8-10-19)31-28-33-23(36-13-15-40-16-14-36)17-24(34-28)38-21-6-4-3-5-20(21)32-26(38)25(29)30/h3-6,17-19,22,25H,7-16H2,1-2H3,(H,31,33,34). The molecule has 1 atom stereocenters. The summed E-state index contributed by atoms with van der Waals surface area (Å²) in [6.45, 7) is 3.28. The van der Waals surface area contributed by atoms with Crippen LogP contribution in [0.15, 0.2) is 30.3 Å². The molecular formula is C28H36F2N8O2. The number of fused-ring (bicyclic) bond motifs is 1. The van der Waals surface area contributed by atoms with Gasteiger partial charge in [0.05, 0.1) is 30.3 Å². The third-order valence-corrected chi connectivity index (χ3v) is 8.35.